The van der Waals surface area contributed by atoms with Crippen molar-refractivity contribution in [3.63, 3.8) is 0 Å². The van der Waals surface area contributed by atoms with Crippen LogP contribution in [0.15, 0.2) is 36.4 Å². The SMILES string of the molecule is N#Cc1cccc(COc2nc(Cl)ccc2C=O)c1. The molecule has 19 heavy (non-hydrogen) atoms. The van der Waals surface area contributed by atoms with Gasteiger partial charge in [0.05, 0.1) is 17.2 Å². The first-order valence-corrected chi connectivity index (χ1v) is 5.84. The standard InChI is InChI=1S/C14H9ClN2O2/c15-13-5-4-12(8-18)14(17-13)19-9-11-3-1-2-10(6-11)7-16/h1-6,8H,9H2. The van der Waals surface area contributed by atoms with Gasteiger partial charge in [-0.2, -0.15) is 5.26 Å². The largest absolute Gasteiger partial charge is 0.472 e. The Hall–Kier alpha value is -2.38. The Morgan fingerprint density at radius 3 is 2.95 bits per heavy atom. The third-order valence-corrected chi connectivity index (χ3v) is 2.62. The summed E-state index contributed by atoms with van der Waals surface area (Å²) in [7, 11) is 0. The van der Waals surface area contributed by atoms with E-state index in [0.717, 1.165) is 5.56 Å². The van der Waals surface area contributed by atoms with Crippen molar-refractivity contribution in [2.24, 2.45) is 0 Å². The number of halogens is 1. The molecule has 0 spiro atoms. The van der Waals surface area contributed by atoms with E-state index in [4.69, 9.17) is 21.6 Å². The Labute approximate surface area is 115 Å². The van der Waals surface area contributed by atoms with Crippen molar-refractivity contribution in [2.45, 2.75) is 6.61 Å². The number of benzene rings is 1. The minimum absolute atomic E-state index is 0.185. The van der Waals surface area contributed by atoms with Gasteiger partial charge in [-0.15, -0.1) is 0 Å². The number of carbonyl (C=O) groups is 1. The van der Waals surface area contributed by atoms with Gasteiger partial charge in [-0.05, 0) is 29.8 Å². The van der Waals surface area contributed by atoms with Crippen molar-refractivity contribution >= 4 is 17.9 Å². The number of hydrogen-bond acceptors (Lipinski definition) is 4. The monoisotopic (exact) mass is 272 g/mol. The first-order valence-electron chi connectivity index (χ1n) is 5.46. The molecular formula is C14H9ClN2O2. The number of aldehydes is 1. The highest BCUT2D eigenvalue weighted by molar-refractivity contribution is 6.29. The van der Waals surface area contributed by atoms with Gasteiger partial charge in [0.15, 0.2) is 6.29 Å². The van der Waals surface area contributed by atoms with Crippen molar-refractivity contribution in [3.8, 4) is 11.9 Å². The van der Waals surface area contributed by atoms with Crippen molar-refractivity contribution in [1.29, 1.82) is 5.26 Å². The Bertz CT molecular complexity index is 650. The minimum Gasteiger partial charge on any atom is -0.472 e. The Kier molecular flexibility index (Phi) is 4.11. The van der Waals surface area contributed by atoms with E-state index in [2.05, 4.69) is 4.98 Å². The molecule has 94 valence electrons. The fourth-order valence-electron chi connectivity index (χ4n) is 1.52. The summed E-state index contributed by atoms with van der Waals surface area (Å²) in [6.45, 7) is 0.212. The van der Waals surface area contributed by atoms with Crippen molar-refractivity contribution in [1.82, 2.24) is 4.98 Å². The summed E-state index contributed by atoms with van der Waals surface area (Å²) in [6.07, 6.45) is 0.657. The highest BCUT2D eigenvalue weighted by atomic mass is 35.5. The normalized spacial score (nSPS) is 9.68. The lowest BCUT2D eigenvalue weighted by Crippen LogP contribution is -2.01. The first-order chi connectivity index (χ1) is 9.22. The quantitative estimate of drug-likeness (QED) is 0.634. The van der Waals surface area contributed by atoms with Crippen LogP contribution in [0.1, 0.15) is 21.5 Å². The van der Waals surface area contributed by atoms with E-state index in [1.165, 1.54) is 6.07 Å². The maximum absolute atomic E-state index is 10.8. The number of carbonyl (C=O) groups excluding carboxylic acids is 1. The van der Waals surface area contributed by atoms with Crippen molar-refractivity contribution < 1.29 is 9.53 Å². The number of ether oxygens (including phenoxy) is 1. The highest BCUT2D eigenvalue weighted by Gasteiger charge is 2.06. The number of nitrogens with zero attached hydrogens (tertiary/aromatic N) is 2. The molecule has 1 heterocycles. The molecule has 0 aliphatic carbocycles. The molecule has 5 heteroatoms. The summed E-state index contributed by atoms with van der Waals surface area (Å²) >= 11 is 5.75. The predicted molar refractivity (Wildman–Crippen MR) is 70.1 cm³/mol. The van der Waals surface area contributed by atoms with E-state index >= 15 is 0 Å². The molecule has 2 rings (SSSR count). The number of rotatable bonds is 4. The molecule has 0 saturated carbocycles. The van der Waals surface area contributed by atoms with Crippen molar-refractivity contribution in [2.75, 3.05) is 0 Å². The zero-order valence-electron chi connectivity index (χ0n) is 9.84. The van der Waals surface area contributed by atoms with Gasteiger partial charge in [-0.25, -0.2) is 4.98 Å². The second-order valence-corrected chi connectivity index (χ2v) is 4.13. The molecule has 0 aliphatic heterocycles. The maximum atomic E-state index is 10.8. The average Bonchev–Trinajstić information content (AvgIpc) is 2.45. The zero-order valence-corrected chi connectivity index (χ0v) is 10.6. The van der Waals surface area contributed by atoms with Gasteiger partial charge in [-0.3, -0.25) is 4.79 Å². The summed E-state index contributed by atoms with van der Waals surface area (Å²) in [5.41, 5.74) is 1.70. The first kappa shape index (κ1) is 13.1. The summed E-state index contributed by atoms with van der Waals surface area (Å²) in [6, 6.07) is 12.1. The van der Waals surface area contributed by atoms with Crippen LogP contribution in [0.3, 0.4) is 0 Å². The van der Waals surface area contributed by atoms with E-state index in [9.17, 15) is 4.79 Å². The van der Waals surface area contributed by atoms with Gasteiger partial charge < -0.3 is 4.74 Å². The second kappa shape index (κ2) is 5.98. The maximum Gasteiger partial charge on any atom is 0.225 e. The predicted octanol–water partition coefficient (Wildman–Crippen LogP) is 3.00. The summed E-state index contributed by atoms with van der Waals surface area (Å²) < 4.78 is 5.46. The van der Waals surface area contributed by atoms with Crippen molar-refractivity contribution in [3.05, 3.63) is 58.2 Å². The van der Waals surface area contributed by atoms with Gasteiger partial charge in [0.25, 0.3) is 0 Å². The average molecular weight is 273 g/mol. The molecule has 1 aromatic heterocycles. The molecule has 0 radical (unpaired) electrons. The lowest BCUT2D eigenvalue weighted by atomic mass is 10.1. The van der Waals surface area contributed by atoms with Crippen LogP contribution in [0.4, 0.5) is 0 Å². The van der Waals surface area contributed by atoms with Crippen LogP contribution in [0, 0.1) is 11.3 Å². The minimum atomic E-state index is 0.185. The number of nitriles is 1. The lowest BCUT2D eigenvalue weighted by Gasteiger charge is -2.07. The van der Waals surface area contributed by atoms with Gasteiger partial charge in [0, 0.05) is 0 Å². The van der Waals surface area contributed by atoms with E-state index < -0.39 is 0 Å². The van der Waals surface area contributed by atoms with E-state index in [1.54, 1.807) is 24.3 Å². The lowest BCUT2D eigenvalue weighted by molar-refractivity contribution is 0.111. The van der Waals surface area contributed by atoms with Crippen LogP contribution in [0.2, 0.25) is 5.15 Å². The highest BCUT2D eigenvalue weighted by Crippen LogP contribution is 2.18. The van der Waals surface area contributed by atoms with E-state index in [-0.39, 0.29) is 17.6 Å². The van der Waals surface area contributed by atoms with Gasteiger partial charge in [0.2, 0.25) is 5.88 Å². The van der Waals surface area contributed by atoms with Crippen LogP contribution in [-0.4, -0.2) is 11.3 Å². The van der Waals surface area contributed by atoms with Crippen LogP contribution in [0.25, 0.3) is 0 Å². The van der Waals surface area contributed by atoms with E-state index in [0.29, 0.717) is 17.4 Å². The molecule has 2 aromatic rings. The van der Waals surface area contributed by atoms with E-state index in [1.807, 2.05) is 12.1 Å². The molecule has 4 nitrogen and oxygen atoms in total. The fourth-order valence-corrected chi connectivity index (χ4v) is 1.66. The third-order valence-electron chi connectivity index (χ3n) is 2.41. The number of aromatic nitrogens is 1. The molecule has 0 fully saturated rings. The van der Waals surface area contributed by atoms with Gasteiger partial charge in [-0.1, -0.05) is 23.7 Å². The Balaban J connectivity index is 2.16. The van der Waals surface area contributed by atoms with Crippen LogP contribution < -0.4 is 4.74 Å². The number of hydrogen-bond donors (Lipinski definition) is 0. The fraction of sp³-hybridized carbons (Fsp3) is 0.0714. The van der Waals surface area contributed by atoms with Crippen LogP contribution in [0.5, 0.6) is 5.88 Å². The molecule has 0 N–H and O–H groups in total. The third kappa shape index (κ3) is 3.30. The molecule has 0 bridgehead atoms. The Morgan fingerprint density at radius 1 is 1.37 bits per heavy atom. The summed E-state index contributed by atoms with van der Waals surface area (Å²) in [5.74, 6) is 0.185. The topological polar surface area (TPSA) is 63.0 Å². The molecule has 0 aliphatic rings. The van der Waals surface area contributed by atoms with Gasteiger partial charge in [0.1, 0.15) is 11.8 Å². The summed E-state index contributed by atoms with van der Waals surface area (Å²) in [4.78, 5) is 14.8. The second-order valence-electron chi connectivity index (χ2n) is 3.75. The molecule has 0 saturated heterocycles. The molecule has 0 amide bonds. The van der Waals surface area contributed by atoms with Crippen LogP contribution in [-0.2, 0) is 6.61 Å². The zero-order chi connectivity index (χ0) is 13.7. The molecular weight excluding hydrogens is 264 g/mol. The van der Waals surface area contributed by atoms with Gasteiger partial charge >= 0.3 is 0 Å². The molecule has 1 aromatic carbocycles. The molecule has 0 atom stereocenters. The Morgan fingerprint density at radius 2 is 2.21 bits per heavy atom. The smallest absolute Gasteiger partial charge is 0.225 e. The number of pyridine rings is 1. The summed E-state index contributed by atoms with van der Waals surface area (Å²) in [5, 5.41) is 9.05. The van der Waals surface area contributed by atoms with Crippen LogP contribution >= 0.6 is 11.6 Å². The molecule has 0 unspecified atom stereocenters.